The van der Waals surface area contributed by atoms with Crippen molar-refractivity contribution in [3.05, 3.63) is 48.5 Å². The van der Waals surface area contributed by atoms with Crippen LogP contribution in [0.15, 0.2) is 48.5 Å². The lowest BCUT2D eigenvalue weighted by Crippen LogP contribution is -2.52. The van der Waals surface area contributed by atoms with Gasteiger partial charge in [0.05, 0.1) is 31.3 Å². The van der Waals surface area contributed by atoms with Crippen molar-refractivity contribution in [2.24, 2.45) is 0 Å². The maximum absolute atomic E-state index is 13.0. The molecule has 0 aromatic heterocycles. The van der Waals surface area contributed by atoms with Gasteiger partial charge in [-0.15, -0.1) is 0 Å². The Morgan fingerprint density at radius 2 is 1.77 bits per heavy atom. The summed E-state index contributed by atoms with van der Waals surface area (Å²) in [6, 6.07) is 14.5. The van der Waals surface area contributed by atoms with Crippen molar-refractivity contribution >= 4 is 27.3 Å². The molecule has 0 radical (unpaired) electrons. The van der Waals surface area contributed by atoms with Crippen molar-refractivity contribution < 1.29 is 22.7 Å². The van der Waals surface area contributed by atoms with Crippen molar-refractivity contribution in [3.63, 3.8) is 0 Å². The summed E-state index contributed by atoms with van der Waals surface area (Å²) >= 11 is 0. The van der Waals surface area contributed by atoms with Gasteiger partial charge >= 0.3 is 0 Å². The van der Waals surface area contributed by atoms with E-state index in [2.05, 4.69) is 4.90 Å². The molecule has 0 unspecified atom stereocenters. The number of benzene rings is 2. The van der Waals surface area contributed by atoms with Gasteiger partial charge in [-0.1, -0.05) is 18.2 Å². The van der Waals surface area contributed by atoms with Gasteiger partial charge in [0.15, 0.2) is 0 Å². The zero-order chi connectivity index (χ0) is 22.4. The van der Waals surface area contributed by atoms with E-state index in [1.807, 2.05) is 31.2 Å². The first-order valence-corrected chi connectivity index (χ1v) is 12.0. The molecule has 168 valence electrons. The highest BCUT2D eigenvalue weighted by Gasteiger charge is 2.27. The van der Waals surface area contributed by atoms with E-state index in [9.17, 15) is 13.2 Å². The molecule has 2 aromatic carbocycles. The van der Waals surface area contributed by atoms with Crippen LogP contribution >= 0.6 is 0 Å². The maximum Gasteiger partial charge on any atom is 0.243 e. The summed E-state index contributed by atoms with van der Waals surface area (Å²) in [5.41, 5.74) is 1.40. The molecule has 1 heterocycles. The van der Waals surface area contributed by atoms with E-state index in [4.69, 9.17) is 9.47 Å². The van der Waals surface area contributed by atoms with E-state index in [-0.39, 0.29) is 12.5 Å². The number of carbonyl (C=O) groups excluding carboxylic acids is 1. The van der Waals surface area contributed by atoms with E-state index in [0.29, 0.717) is 44.2 Å². The largest absolute Gasteiger partial charge is 0.495 e. The second kappa shape index (κ2) is 9.91. The standard InChI is InChI=1S/C22H29N3O5S/c1-4-30-19-9-7-8-18(16-19)25(31(3,27)28)17-22(26)24-14-12-23(13-15-24)20-10-5-6-11-21(20)29-2/h5-11,16H,4,12-15,17H2,1-3H3. The first kappa shape index (κ1) is 22.7. The Hall–Kier alpha value is -2.94. The summed E-state index contributed by atoms with van der Waals surface area (Å²) in [6.07, 6.45) is 1.10. The molecule has 0 N–H and O–H groups in total. The summed E-state index contributed by atoms with van der Waals surface area (Å²) in [5, 5.41) is 0. The third-order valence-corrected chi connectivity index (χ3v) is 6.29. The molecule has 0 saturated carbocycles. The van der Waals surface area contributed by atoms with E-state index < -0.39 is 10.0 Å². The van der Waals surface area contributed by atoms with Crippen molar-refractivity contribution in [2.45, 2.75) is 6.92 Å². The zero-order valence-corrected chi connectivity index (χ0v) is 19.0. The zero-order valence-electron chi connectivity index (χ0n) is 18.2. The summed E-state index contributed by atoms with van der Waals surface area (Å²) < 4.78 is 36.9. The van der Waals surface area contributed by atoms with Crippen LogP contribution in [-0.2, 0) is 14.8 Å². The Kier molecular flexibility index (Phi) is 7.27. The number of anilines is 2. The van der Waals surface area contributed by atoms with Crippen LogP contribution in [0, 0.1) is 0 Å². The number of hydrogen-bond donors (Lipinski definition) is 0. The molecule has 1 fully saturated rings. The molecule has 2 aromatic rings. The van der Waals surface area contributed by atoms with Gasteiger partial charge < -0.3 is 19.3 Å². The van der Waals surface area contributed by atoms with Crippen molar-refractivity contribution in [1.29, 1.82) is 0 Å². The third-order valence-electron chi connectivity index (χ3n) is 5.15. The lowest BCUT2D eigenvalue weighted by molar-refractivity contribution is -0.129. The van der Waals surface area contributed by atoms with Gasteiger partial charge in [-0.3, -0.25) is 9.10 Å². The van der Waals surface area contributed by atoms with Crippen molar-refractivity contribution in [3.8, 4) is 11.5 Å². The molecule has 0 aliphatic carbocycles. The second-order valence-corrected chi connectivity index (χ2v) is 9.15. The van der Waals surface area contributed by atoms with Crippen LogP contribution < -0.4 is 18.7 Å². The Morgan fingerprint density at radius 1 is 1.06 bits per heavy atom. The molecule has 1 amide bonds. The number of amides is 1. The van der Waals surface area contributed by atoms with Gasteiger partial charge in [-0.25, -0.2) is 8.42 Å². The second-order valence-electron chi connectivity index (χ2n) is 7.24. The summed E-state index contributed by atoms with van der Waals surface area (Å²) in [4.78, 5) is 16.8. The fourth-order valence-electron chi connectivity index (χ4n) is 3.61. The average Bonchev–Trinajstić information content (AvgIpc) is 2.77. The highest BCUT2D eigenvalue weighted by atomic mass is 32.2. The number of methoxy groups -OCH3 is 1. The van der Waals surface area contributed by atoms with Gasteiger partial charge in [-0.2, -0.15) is 0 Å². The summed E-state index contributed by atoms with van der Waals surface area (Å²) in [6.45, 7) is 4.38. The predicted molar refractivity (Wildman–Crippen MR) is 122 cm³/mol. The number of carbonyl (C=O) groups is 1. The smallest absolute Gasteiger partial charge is 0.243 e. The number of rotatable bonds is 8. The van der Waals surface area contributed by atoms with E-state index >= 15 is 0 Å². The number of sulfonamides is 1. The monoisotopic (exact) mass is 447 g/mol. The summed E-state index contributed by atoms with van der Waals surface area (Å²) in [5.74, 6) is 1.12. The third kappa shape index (κ3) is 5.61. The fraction of sp³-hybridized carbons (Fsp3) is 0.409. The van der Waals surface area contributed by atoms with Gasteiger partial charge in [0.2, 0.25) is 15.9 Å². The Bertz CT molecular complexity index is 1000. The Balaban J connectivity index is 1.69. The molecule has 0 spiro atoms. The minimum absolute atomic E-state index is 0.230. The highest BCUT2D eigenvalue weighted by molar-refractivity contribution is 7.92. The number of para-hydroxylation sites is 2. The van der Waals surface area contributed by atoms with E-state index in [1.54, 1.807) is 36.3 Å². The minimum Gasteiger partial charge on any atom is -0.495 e. The number of nitrogens with zero attached hydrogens (tertiary/aromatic N) is 3. The van der Waals surface area contributed by atoms with Crippen molar-refractivity contribution in [2.75, 3.05) is 61.9 Å². The van der Waals surface area contributed by atoms with Gasteiger partial charge in [0.1, 0.15) is 18.0 Å². The minimum atomic E-state index is -3.64. The van der Waals surface area contributed by atoms with Crippen LogP contribution in [0.3, 0.4) is 0 Å². The van der Waals surface area contributed by atoms with E-state index in [0.717, 1.165) is 22.0 Å². The van der Waals surface area contributed by atoms with Crippen LogP contribution in [-0.4, -0.2) is 71.9 Å². The predicted octanol–water partition coefficient (Wildman–Crippen LogP) is 2.21. The fourth-order valence-corrected chi connectivity index (χ4v) is 4.45. The first-order chi connectivity index (χ1) is 14.8. The van der Waals surface area contributed by atoms with Crippen LogP contribution in [0.25, 0.3) is 0 Å². The molecule has 8 nitrogen and oxygen atoms in total. The molecule has 1 saturated heterocycles. The Morgan fingerprint density at radius 3 is 2.42 bits per heavy atom. The van der Waals surface area contributed by atoms with Gasteiger partial charge in [0.25, 0.3) is 0 Å². The Labute approximate surface area is 184 Å². The summed E-state index contributed by atoms with van der Waals surface area (Å²) in [7, 11) is -2.01. The average molecular weight is 448 g/mol. The van der Waals surface area contributed by atoms with Crippen LogP contribution in [0.1, 0.15) is 6.92 Å². The van der Waals surface area contributed by atoms with Crippen LogP contribution in [0.4, 0.5) is 11.4 Å². The number of hydrogen-bond acceptors (Lipinski definition) is 6. The van der Waals surface area contributed by atoms with Gasteiger partial charge in [-0.05, 0) is 31.2 Å². The molecular weight excluding hydrogens is 418 g/mol. The molecule has 31 heavy (non-hydrogen) atoms. The SMILES string of the molecule is CCOc1cccc(N(CC(=O)N2CCN(c3ccccc3OC)CC2)S(C)(=O)=O)c1. The molecule has 1 aliphatic heterocycles. The molecule has 9 heteroatoms. The normalized spacial score (nSPS) is 14.3. The molecule has 0 atom stereocenters. The lowest BCUT2D eigenvalue weighted by atomic mass is 10.2. The van der Waals surface area contributed by atoms with Crippen LogP contribution in [0.5, 0.6) is 11.5 Å². The highest BCUT2D eigenvalue weighted by Crippen LogP contribution is 2.28. The molecule has 0 bridgehead atoms. The lowest BCUT2D eigenvalue weighted by Gasteiger charge is -2.37. The first-order valence-electron chi connectivity index (χ1n) is 10.2. The molecule has 3 rings (SSSR count). The van der Waals surface area contributed by atoms with Crippen molar-refractivity contribution in [1.82, 2.24) is 4.90 Å². The topological polar surface area (TPSA) is 79.4 Å². The quantitative estimate of drug-likeness (QED) is 0.617. The van der Waals surface area contributed by atoms with Crippen LogP contribution in [0.2, 0.25) is 0 Å². The molecule has 1 aliphatic rings. The number of ether oxygens (including phenoxy) is 2. The maximum atomic E-state index is 13.0. The number of piperazine rings is 1. The van der Waals surface area contributed by atoms with Gasteiger partial charge in [0, 0.05) is 32.2 Å². The molecular formula is C22H29N3O5S. The van der Waals surface area contributed by atoms with E-state index in [1.165, 1.54) is 0 Å².